The molecular weight excluding hydrogens is 254 g/mol. The van der Waals surface area contributed by atoms with Crippen LogP contribution in [0.5, 0.6) is 0 Å². The molecule has 0 aromatic heterocycles. The fourth-order valence-electron chi connectivity index (χ4n) is 3.22. The summed E-state index contributed by atoms with van der Waals surface area (Å²) in [7, 11) is 0. The number of hydrogen-bond acceptors (Lipinski definition) is 2. The summed E-state index contributed by atoms with van der Waals surface area (Å²) in [6.07, 6.45) is 4.94. The Morgan fingerprint density at radius 2 is 2.15 bits per heavy atom. The second-order valence-corrected chi connectivity index (χ2v) is 5.86. The first-order valence-corrected chi connectivity index (χ1v) is 7.28. The van der Waals surface area contributed by atoms with Gasteiger partial charge in [0.25, 0.3) is 0 Å². The molecule has 3 rings (SSSR count). The smallest absolute Gasteiger partial charge is 0.303 e. The number of aliphatic carboxylic acids is 1. The molecule has 2 aliphatic rings. The molecule has 1 aromatic carbocycles. The summed E-state index contributed by atoms with van der Waals surface area (Å²) in [6, 6.07) is 6.01. The summed E-state index contributed by atoms with van der Waals surface area (Å²) >= 11 is 0. The summed E-state index contributed by atoms with van der Waals surface area (Å²) in [4.78, 5) is 22.5. The average Bonchev–Trinajstić information content (AvgIpc) is 2.34. The van der Waals surface area contributed by atoms with Gasteiger partial charge in [-0.3, -0.25) is 9.59 Å². The molecule has 106 valence electrons. The number of carbonyl (C=O) groups is 2. The van der Waals surface area contributed by atoms with Crippen LogP contribution in [0, 0.1) is 5.92 Å². The minimum Gasteiger partial charge on any atom is -0.481 e. The Morgan fingerprint density at radius 3 is 2.80 bits per heavy atom. The molecule has 1 amide bonds. The van der Waals surface area contributed by atoms with Crippen molar-refractivity contribution in [1.29, 1.82) is 0 Å². The number of amides is 1. The number of rotatable bonds is 4. The minimum atomic E-state index is -0.729. The van der Waals surface area contributed by atoms with E-state index >= 15 is 0 Å². The zero-order valence-corrected chi connectivity index (χ0v) is 11.4. The van der Waals surface area contributed by atoms with Crippen LogP contribution in [-0.2, 0) is 16.0 Å². The minimum absolute atomic E-state index is 0.0614. The van der Waals surface area contributed by atoms with Crippen molar-refractivity contribution in [3.63, 3.8) is 0 Å². The van der Waals surface area contributed by atoms with Crippen molar-refractivity contribution in [2.24, 2.45) is 5.92 Å². The summed E-state index contributed by atoms with van der Waals surface area (Å²) in [5.74, 6) is -0.0502. The van der Waals surface area contributed by atoms with E-state index in [0.29, 0.717) is 12.3 Å². The fourth-order valence-corrected chi connectivity index (χ4v) is 3.22. The molecule has 1 unspecified atom stereocenters. The standard InChI is InChI=1S/C16H19NO3/c18-15-7-5-12-8-11(4-6-14(12)17-15)13(9-16(19)20)10-2-1-3-10/h4,6,8,10,13H,1-3,5,7,9H2,(H,17,18)(H,19,20). The quantitative estimate of drug-likeness (QED) is 0.886. The summed E-state index contributed by atoms with van der Waals surface area (Å²) in [6.45, 7) is 0. The first kappa shape index (κ1) is 13.2. The van der Waals surface area contributed by atoms with Crippen molar-refractivity contribution in [3.8, 4) is 0 Å². The highest BCUT2D eigenvalue weighted by Crippen LogP contribution is 2.42. The lowest BCUT2D eigenvalue weighted by Crippen LogP contribution is -2.24. The molecule has 0 spiro atoms. The largest absolute Gasteiger partial charge is 0.481 e. The summed E-state index contributed by atoms with van der Waals surface area (Å²) in [5, 5.41) is 12.0. The number of hydrogen-bond donors (Lipinski definition) is 2. The average molecular weight is 273 g/mol. The van der Waals surface area contributed by atoms with E-state index in [1.807, 2.05) is 12.1 Å². The monoisotopic (exact) mass is 273 g/mol. The highest BCUT2D eigenvalue weighted by molar-refractivity contribution is 5.93. The maximum absolute atomic E-state index is 11.4. The van der Waals surface area contributed by atoms with E-state index in [2.05, 4.69) is 11.4 Å². The molecule has 1 aromatic rings. The van der Waals surface area contributed by atoms with Crippen molar-refractivity contribution in [3.05, 3.63) is 29.3 Å². The number of fused-ring (bicyclic) bond motifs is 1. The maximum atomic E-state index is 11.4. The molecular formula is C16H19NO3. The van der Waals surface area contributed by atoms with E-state index in [1.54, 1.807) is 0 Å². The first-order chi connectivity index (χ1) is 9.63. The van der Waals surface area contributed by atoms with Gasteiger partial charge in [-0.2, -0.15) is 0 Å². The van der Waals surface area contributed by atoms with Crippen LogP contribution >= 0.6 is 0 Å². The molecule has 0 radical (unpaired) electrons. The van der Waals surface area contributed by atoms with Crippen LogP contribution in [0.3, 0.4) is 0 Å². The maximum Gasteiger partial charge on any atom is 0.303 e. The Hall–Kier alpha value is -1.84. The van der Waals surface area contributed by atoms with Crippen molar-refractivity contribution >= 4 is 17.6 Å². The number of carboxylic acid groups (broad SMARTS) is 1. The molecule has 1 heterocycles. The molecule has 0 bridgehead atoms. The first-order valence-electron chi connectivity index (χ1n) is 7.28. The normalized spacial score (nSPS) is 19.7. The third-order valence-corrected chi connectivity index (χ3v) is 4.57. The zero-order valence-electron chi connectivity index (χ0n) is 11.4. The molecule has 4 nitrogen and oxygen atoms in total. The van der Waals surface area contributed by atoms with Gasteiger partial charge in [-0.05, 0) is 48.3 Å². The molecule has 1 atom stereocenters. The molecule has 20 heavy (non-hydrogen) atoms. The number of nitrogens with one attached hydrogen (secondary N) is 1. The van der Waals surface area contributed by atoms with Crippen molar-refractivity contribution < 1.29 is 14.7 Å². The van der Waals surface area contributed by atoms with Gasteiger partial charge in [0, 0.05) is 12.1 Å². The molecule has 1 aliphatic heterocycles. The lowest BCUT2D eigenvalue weighted by Gasteiger charge is -2.34. The Balaban J connectivity index is 1.87. The lowest BCUT2D eigenvalue weighted by atomic mass is 9.71. The van der Waals surface area contributed by atoms with Crippen molar-refractivity contribution in [2.75, 3.05) is 5.32 Å². The zero-order chi connectivity index (χ0) is 14.1. The van der Waals surface area contributed by atoms with Crippen LogP contribution in [0.1, 0.15) is 49.1 Å². The number of carboxylic acids is 1. The Kier molecular flexibility index (Phi) is 3.47. The van der Waals surface area contributed by atoms with E-state index in [1.165, 1.54) is 6.42 Å². The number of benzene rings is 1. The molecule has 2 N–H and O–H groups in total. The Labute approximate surface area is 118 Å². The Bertz CT molecular complexity index is 549. The molecule has 0 saturated heterocycles. The van der Waals surface area contributed by atoms with E-state index in [4.69, 9.17) is 5.11 Å². The van der Waals surface area contributed by atoms with Gasteiger partial charge < -0.3 is 10.4 Å². The second-order valence-electron chi connectivity index (χ2n) is 5.86. The predicted octanol–water partition coefficient (Wildman–Crippen LogP) is 2.93. The number of aryl methyl sites for hydroxylation is 1. The van der Waals surface area contributed by atoms with Gasteiger partial charge in [0.05, 0.1) is 6.42 Å². The predicted molar refractivity (Wildman–Crippen MR) is 75.7 cm³/mol. The van der Waals surface area contributed by atoms with E-state index in [9.17, 15) is 9.59 Å². The number of anilines is 1. The summed E-state index contributed by atoms with van der Waals surface area (Å²) < 4.78 is 0. The van der Waals surface area contributed by atoms with Crippen LogP contribution in [0.25, 0.3) is 0 Å². The van der Waals surface area contributed by atoms with E-state index < -0.39 is 5.97 Å². The lowest BCUT2D eigenvalue weighted by molar-refractivity contribution is -0.138. The third-order valence-electron chi connectivity index (χ3n) is 4.57. The SMILES string of the molecule is O=C(O)CC(c1ccc2c(c1)CCC(=O)N2)C1CCC1. The molecule has 1 saturated carbocycles. The Morgan fingerprint density at radius 1 is 1.35 bits per heavy atom. The second kappa shape index (κ2) is 5.27. The molecule has 4 heteroatoms. The van der Waals surface area contributed by atoms with Gasteiger partial charge in [-0.1, -0.05) is 18.6 Å². The van der Waals surface area contributed by atoms with Gasteiger partial charge in [-0.15, -0.1) is 0 Å². The summed E-state index contributed by atoms with van der Waals surface area (Å²) in [5.41, 5.74) is 3.14. The highest BCUT2D eigenvalue weighted by atomic mass is 16.4. The number of carbonyl (C=O) groups excluding carboxylic acids is 1. The van der Waals surface area contributed by atoms with Gasteiger partial charge >= 0.3 is 5.97 Å². The van der Waals surface area contributed by atoms with E-state index in [-0.39, 0.29) is 18.2 Å². The van der Waals surface area contributed by atoms with Crippen molar-refractivity contribution in [1.82, 2.24) is 0 Å². The van der Waals surface area contributed by atoms with E-state index in [0.717, 1.165) is 36.1 Å². The third kappa shape index (κ3) is 2.55. The van der Waals surface area contributed by atoms with Gasteiger partial charge in [0.15, 0.2) is 0 Å². The van der Waals surface area contributed by atoms with Crippen LogP contribution in [0.2, 0.25) is 0 Å². The van der Waals surface area contributed by atoms with Crippen molar-refractivity contribution in [2.45, 2.75) is 44.4 Å². The van der Waals surface area contributed by atoms with Gasteiger partial charge in [0.2, 0.25) is 5.91 Å². The van der Waals surface area contributed by atoms with Gasteiger partial charge in [0.1, 0.15) is 0 Å². The fraction of sp³-hybridized carbons (Fsp3) is 0.500. The van der Waals surface area contributed by atoms with Crippen LogP contribution in [0.4, 0.5) is 5.69 Å². The van der Waals surface area contributed by atoms with Crippen LogP contribution in [-0.4, -0.2) is 17.0 Å². The molecule has 1 aliphatic carbocycles. The van der Waals surface area contributed by atoms with Crippen LogP contribution < -0.4 is 5.32 Å². The van der Waals surface area contributed by atoms with Gasteiger partial charge in [-0.25, -0.2) is 0 Å². The van der Waals surface area contributed by atoms with Crippen LogP contribution in [0.15, 0.2) is 18.2 Å². The highest BCUT2D eigenvalue weighted by Gasteiger charge is 2.30. The molecule has 1 fully saturated rings. The topological polar surface area (TPSA) is 66.4 Å².